The molecule has 0 bridgehead atoms. The SMILES string of the molecule is CCOC(=O)/C=C/[C@H](C[C@@H]1CCNC1=O)NC(=O)[C@H](Cc1ccccc1)CC(O)[C@@H](NC(=O)c1cc(C)on1)C(C)C. The van der Waals surface area contributed by atoms with Crippen molar-refractivity contribution >= 4 is 23.7 Å². The summed E-state index contributed by atoms with van der Waals surface area (Å²) in [6.45, 7) is 7.90. The molecule has 0 radical (unpaired) electrons. The third kappa shape index (κ3) is 9.83. The van der Waals surface area contributed by atoms with E-state index < -0.39 is 36.0 Å². The van der Waals surface area contributed by atoms with Gasteiger partial charge in [0.15, 0.2) is 5.69 Å². The van der Waals surface area contributed by atoms with E-state index in [0.717, 1.165) is 5.56 Å². The first-order valence-electron chi connectivity index (χ1n) is 14.5. The number of aliphatic hydroxyl groups is 1. The summed E-state index contributed by atoms with van der Waals surface area (Å²) in [7, 11) is 0. The molecule has 42 heavy (non-hydrogen) atoms. The van der Waals surface area contributed by atoms with Crippen molar-refractivity contribution in [3.05, 3.63) is 65.6 Å². The second-order valence-corrected chi connectivity index (χ2v) is 11.0. The number of esters is 1. The van der Waals surface area contributed by atoms with E-state index in [-0.39, 0.29) is 42.4 Å². The molecule has 11 nitrogen and oxygen atoms in total. The molecule has 2 heterocycles. The van der Waals surface area contributed by atoms with Crippen molar-refractivity contribution in [1.82, 2.24) is 21.1 Å². The van der Waals surface area contributed by atoms with Gasteiger partial charge < -0.3 is 30.3 Å². The Hall–Kier alpha value is -3.99. The number of nitrogens with zero attached hydrogens (tertiary/aromatic N) is 1. The van der Waals surface area contributed by atoms with Gasteiger partial charge in [0.2, 0.25) is 11.8 Å². The van der Waals surface area contributed by atoms with Crippen LogP contribution in [-0.2, 0) is 25.5 Å². The van der Waals surface area contributed by atoms with Crippen molar-refractivity contribution in [3.8, 4) is 0 Å². The average molecular weight is 583 g/mol. The Morgan fingerprint density at radius 1 is 1.21 bits per heavy atom. The molecule has 2 aromatic rings. The lowest BCUT2D eigenvalue weighted by molar-refractivity contribution is -0.137. The Kier molecular flexibility index (Phi) is 12.3. The van der Waals surface area contributed by atoms with Crippen molar-refractivity contribution in [2.45, 2.75) is 71.6 Å². The molecule has 1 aromatic carbocycles. The molecule has 3 amide bonds. The van der Waals surface area contributed by atoms with Crippen LogP contribution in [0.15, 0.2) is 53.1 Å². The summed E-state index contributed by atoms with van der Waals surface area (Å²) < 4.78 is 9.99. The summed E-state index contributed by atoms with van der Waals surface area (Å²) in [4.78, 5) is 50.8. The van der Waals surface area contributed by atoms with Crippen LogP contribution < -0.4 is 16.0 Å². The number of carbonyl (C=O) groups excluding carboxylic acids is 4. The molecule has 1 unspecified atom stereocenters. The van der Waals surface area contributed by atoms with Crippen LogP contribution in [0.5, 0.6) is 0 Å². The number of aliphatic hydroxyl groups excluding tert-OH is 1. The first-order valence-corrected chi connectivity index (χ1v) is 14.5. The first kappa shape index (κ1) is 32.5. The van der Waals surface area contributed by atoms with E-state index in [1.54, 1.807) is 19.9 Å². The Labute approximate surface area is 246 Å². The maximum Gasteiger partial charge on any atom is 0.330 e. The number of rotatable bonds is 15. The van der Waals surface area contributed by atoms with Crippen molar-refractivity contribution in [2.24, 2.45) is 17.8 Å². The topological polar surface area (TPSA) is 160 Å². The largest absolute Gasteiger partial charge is 0.463 e. The van der Waals surface area contributed by atoms with Gasteiger partial charge in [-0.1, -0.05) is 55.4 Å². The van der Waals surface area contributed by atoms with E-state index in [4.69, 9.17) is 9.26 Å². The molecule has 1 aromatic heterocycles. The first-order chi connectivity index (χ1) is 20.1. The lowest BCUT2D eigenvalue weighted by Gasteiger charge is -2.30. The minimum Gasteiger partial charge on any atom is -0.463 e. The zero-order valence-electron chi connectivity index (χ0n) is 24.7. The van der Waals surface area contributed by atoms with Crippen LogP contribution in [-0.4, -0.2) is 65.3 Å². The van der Waals surface area contributed by atoms with Gasteiger partial charge in [0.1, 0.15) is 5.76 Å². The molecule has 3 rings (SSSR count). The van der Waals surface area contributed by atoms with Gasteiger partial charge >= 0.3 is 5.97 Å². The van der Waals surface area contributed by atoms with Crippen LogP contribution in [0.2, 0.25) is 0 Å². The third-order valence-electron chi connectivity index (χ3n) is 7.29. The molecule has 5 atom stereocenters. The van der Waals surface area contributed by atoms with Crippen molar-refractivity contribution in [2.75, 3.05) is 13.2 Å². The number of benzene rings is 1. The molecule has 0 saturated carbocycles. The van der Waals surface area contributed by atoms with Crippen LogP contribution in [0, 0.1) is 24.7 Å². The highest BCUT2D eigenvalue weighted by Gasteiger charge is 2.33. The van der Waals surface area contributed by atoms with Gasteiger partial charge in [-0.15, -0.1) is 0 Å². The lowest BCUT2D eigenvalue weighted by atomic mass is 9.86. The summed E-state index contributed by atoms with van der Waals surface area (Å²) in [6.07, 6.45) is 3.09. The highest BCUT2D eigenvalue weighted by atomic mass is 16.5. The van der Waals surface area contributed by atoms with E-state index in [1.165, 1.54) is 12.1 Å². The smallest absolute Gasteiger partial charge is 0.330 e. The van der Waals surface area contributed by atoms with Gasteiger partial charge in [-0.05, 0) is 51.0 Å². The van der Waals surface area contributed by atoms with Gasteiger partial charge in [-0.2, -0.15) is 0 Å². The molecular formula is C31H42N4O7. The molecule has 1 fully saturated rings. The van der Waals surface area contributed by atoms with E-state index in [1.807, 2.05) is 44.2 Å². The monoisotopic (exact) mass is 582 g/mol. The molecule has 0 spiro atoms. The highest BCUT2D eigenvalue weighted by molar-refractivity contribution is 5.92. The normalized spacial score (nSPS) is 17.9. The zero-order chi connectivity index (χ0) is 30.6. The molecule has 1 saturated heterocycles. The molecule has 0 aliphatic carbocycles. The highest BCUT2D eigenvalue weighted by Crippen LogP contribution is 2.22. The Balaban J connectivity index is 1.80. The maximum absolute atomic E-state index is 13.8. The third-order valence-corrected chi connectivity index (χ3v) is 7.29. The van der Waals surface area contributed by atoms with Crippen LogP contribution in [0.1, 0.15) is 61.8 Å². The van der Waals surface area contributed by atoms with E-state index in [2.05, 4.69) is 21.1 Å². The van der Waals surface area contributed by atoms with Crippen molar-refractivity contribution in [3.63, 3.8) is 0 Å². The lowest BCUT2D eigenvalue weighted by Crippen LogP contribution is -2.49. The molecule has 11 heteroatoms. The fourth-order valence-electron chi connectivity index (χ4n) is 5.07. The maximum atomic E-state index is 13.8. The zero-order valence-corrected chi connectivity index (χ0v) is 24.7. The number of nitrogens with one attached hydrogen (secondary N) is 3. The minimum absolute atomic E-state index is 0.0555. The van der Waals surface area contributed by atoms with E-state index >= 15 is 0 Å². The number of aromatic nitrogens is 1. The number of carbonyl (C=O) groups is 4. The number of hydrogen-bond acceptors (Lipinski definition) is 8. The quantitative estimate of drug-likeness (QED) is 0.184. The summed E-state index contributed by atoms with van der Waals surface area (Å²) in [5.74, 6) is -2.09. The molecule has 4 N–H and O–H groups in total. The number of hydrogen-bond donors (Lipinski definition) is 4. The number of aryl methyl sites for hydroxylation is 1. The standard InChI is InChI=1S/C31H42N4O7/c1-5-41-27(37)12-11-24(17-22-13-14-32-29(22)38)33-30(39)23(16-21-9-7-6-8-10-21)18-26(36)28(19(2)3)34-31(40)25-15-20(4)42-35-25/h6-12,15,19,22-24,26,28,36H,5,13-14,16-18H2,1-4H3,(H,32,38)(H,33,39)(H,34,40)/b12-11+/t22-,23+,24+,26?,28-/m0/s1. The Bertz CT molecular complexity index is 1230. The van der Waals surface area contributed by atoms with E-state index in [9.17, 15) is 24.3 Å². The van der Waals surface area contributed by atoms with Crippen LogP contribution in [0.4, 0.5) is 0 Å². The molecule has 1 aliphatic rings. The summed E-state index contributed by atoms with van der Waals surface area (Å²) in [5.41, 5.74) is 1.01. The Morgan fingerprint density at radius 2 is 1.95 bits per heavy atom. The second kappa shape index (κ2) is 15.9. The van der Waals surface area contributed by atoms with Gasteiger partial charge in [0.25, 0.3) is 5.91 Å². The number of ether oxygens (including phenoxy) is 1. The van der Waals surface area contributed by atoms with Gasteiger partial charge in [-0.25, -0.2) is 4.79 Å². The predicted molar refractivity (Wildman–Crippen MR) is 155 cm³/mol. The van der Waals surface area contributed by atoms with Crippen LogP contribution >= 0.6 is 0 Å². The number of amides is 3. The average Bonchev–Trinajstić information content (AvgIpc) is 3.57. The fraction of sp³-hybridized carbons (Fsp3) is 0.516. The predicted octanol–water partition coefficient (Wildman–Crippen LogP) is 2.48. The molecular weight excluding hydrogens is 540 g/mol. The molecule has 1 aliphatic heterocycles. The molecule has 228 valence electrons. The van der Waals surface area contributed by atoms with Gasteiger partial charge in [0.05, 0.1) is 18.8 Å². The van der Waals surface area contributed by atoms with Crippen LogP contribution in [0.25, 0.3) is 0 Å². The van der Waals surface area contributed by atoms with Crippen molar-refractivity contribution < 1.29 is 33.5 Å². The van der Waals surface area contributed by atoms with Crippen molar-refractivity contribution in [1.29, 1.82) is 0 Å². The second-order valence-electron chi connectivity index (χ2n) is 11.0. The van der Waals surface area contributed by atoms with Crippen LogP contribution in [0.3, 0.4) is 0 Å². The fourth-order valence-corrected chi connectivity index (χ4v) is 5.07. The summed E-state index contributed by atoms with van der Waals surface area (Å²) >= 11 is 0. The van der Waals surface area contributed by atoms with Gasteiger partial charge in [0, 0.05) is 36.6 Å². The van der Waals surface area contributed by atoms with Gasteiger partial charge in [-0.3, -0.25) is 14.4 Å². The Morgan fingerprint density at radius 3 is 2.55 bits per heavy atom. The summed E-state index contributed by atoms with van der Waals surface area (Å²) in [6, 6.07) is 9.68. The van der Waals surface area contributed by atoms with E-state index in [0.29, 0.717) is 31.6 Å². The minimum atomic E-state index is -1.06. The summed E-state index contributed by atoms with van der Waals surface area (Å²) in [5, 5.41) is 23.7.